The van der Waals surface area contributed by atoms with Crippen LogP contribution in [0.5, 0.6) is 0 Å². The molecule has 0 fully saturated rings. The molecule has 2 heterocycles. The summed E-state index contributed by atoms with van der Waals surface area (Å²) >= 11 is 0. The number of nitrogens with zero attached hydrogens (tertiary/aromatic N) is 4. The molecule has 0 bridgehead atoms. The van der Waals surface area contributed by atoms with Gasteiger partial charge in [-0.15, -0.1) is 0 Å². The van der Waals surface area contributed by atoms with Gasteiger partial charge in [0.05, 0.1) is 6.04 Å². The second kappa shape index (κ2) is 11.2. The normalized spacial score (nSPS) is 23.1. The molecule has 4 aliphatic rings. The van der Waals surface area contributed by atoms with Crippen LogP contribution in [0.25, 0.3) is 5.70 Å². The lowest BCUT2D eigenvalue weighted by Crippen LogP contribution is -2.43. The molecule has 4 nitrogen and oxygen atoms in total. The van der Waals surface area contributed by atoms with Crippen molar-refractivity contribution >= 4 is 23.0 Å². The number of anilines is 3. The third kappa shape index (κ3) is 4.68. The van der Waals surface area contributed by atoms with Crippen LogP contribution in [-0.2, 0) is 6.42 Å². The van der Waals surface area contributed by atoms with Crippen molar-refractivity contribution in [1.29, 1.82) is 0 Å². The van der Waals surface area contributed by atoms with Gasteiger partial charge >= 0.3 is 0 Å². The molecular formula is C40H40N4. The van der Waals surface area contributed by atoms with Crippen LogP contribution in [0.2, 0.25) is 0 Å². The minimum Gasteiger partial charge on any atom is -0.323 e. The Bertz CT molecular complexity index is 1750. The van der Waals surface area contributed by atoms with Gasteiger partial charge in [-0.1, -0.05) is 72.8 Å². The fraction of sp³-hybridized carbons (Fsp3) is 0.300. The number of para-hydroxylation sites is 1. The van der Waals surface area contributed by atoms with Crippen LogP contribution in [0.1, 0.15) is 77.3 Å². The smallest absolute Gasteiger partial charge is 0.133 e. The first-order valence-corrected chi connectivity index (χ1v) is 16.3. The number of benzene rings is 2. The second-order valence-electron chi connectivity index (χ2n) is 13.0. The minimum absolute atomic E-state index is 0.245. The van der Waals surface area contributed by atoms with Gasteiger partial charge in [-0.05, 0) is 110 Å². The zero-order valence-corrected chi connectivity index (χ0v) is 25.7. The predicted molar refractivity (Wildman–Crippen MR) is 182 cm³/mol. The summed E-state index contributed by atoms with van der Waals surface area (Å²) in [5, 5.41) is 0. The molecule has 8 rings (SSSR count). The van der Waals surface area contributed by atoms with E-state index in [2.05, 4.69) is 121 Å². The second-order valence-corrected chi connectivity index (χ2v) is 13.0. The van der Waals surface area contributed by atoms with E-state index in [0.717, 1.165) is 37.3 Å². The Hall–Kier alpha value is -4.44. The molecule has 0 radical (unpaired) electrons. The zero-order valence-electron chi connectivity index (χ0n) is 25.7. The van der Waals surface area contributed by atoms with Crippen LogP contribution in [0.15, 0.2) is 110 Å². The van der Waals surface area contributed by atoms with Crippen LogP contribution in [0.4, 0.5) is 17.3 Å². The molecule has 4 heteroatoms. The largest absolute Gasteiger partial charge is 0.323 e. The van der Waals surface area contributed by atoms with Crippen molar-refractivity contribution in [1.82, 2.24) is 9.97 Å². The maximum absolute atomic E-state index is 4.97. The molecule has 0 aliphatic heterocycles. The summed E-state index contributed by atoms with van der Waals surface area (Å²) in [6.45, 7) is 4.23. The van der Waals surface area contributed by atoms with Crippen molar-refractivity contribution in [2.75, 3.05) is 9.80 Å². The van der Waals surface area contributed by atoms with Gasteiger partial charge in [0.2, 0.25) is 0 Å². The molecule has 2 aromatic carbocycles. The number of aromatic nitrogens is 2. The SMILES string of the molecule is Cc1ccc(N(C2=CCC3CCC4c5c(ccc2c53)CCC4N(c2ccccc2)c2ccc(C)cn2)C2C=CC=CC2)nc1. The summed E-state index contributed by atoms with van der Waals surface area (Å²) in [5.41, 5.74) is 11.1. The molecule has 0 saturated carbocycles. The summed E-state index contributed by atoms with van der Waals surface area (Å²) in [5.74, 6) is 3.13. The third-order valence-corrected chi connectivity index (χ3v) is 10.2. The van der Waals surface area contributed by atoms with Crippen LogP contribution in [0, 0.1) is 13.8 Å². The highest BCUT2D eigenvalue weighted by atomic mass is 15.2. The molecule has 2 aromatic heterocycles. The minimum atomic E-state index is 0.245. The quantitative estimate of drug-likeness (QED) is 0.229. The summed E-state index contributed by atoms with van der Waals surface area (Å²) < 4.78 is 0. The Balaban J connectivity index is 1.24. The van der Waals surface area contributed by atoms with E-state index in [1.165, 1.54) is 40.9 Å². The molecular weight excluding hydrogens is 536 g/mol. The van der Waals surface area contributed by atoms with E-state index >= 15 is 0 Å². The molecule has 0 amide bonds. The maximum Gasteiger partial charge on any atom is 0.133 e. The Kier molecular flexibility index (Phi) is 6.93. The monoisotopic (exact) mass is 576 g/mol. The van der Waals surface area contributed by atoms with Crippen molar-refractivity contribution in [2.24, 2.45) is 0 Å². The summed E-state index contributed by atoms with van der Waals surface area (Å²) in [6.07, 6.45) is 22.3. The van der Waals surface area contributed by atoms with E-state index in [-0.39, 0.29) is 6.04 Å². The lowest BCUT2D eigenvalue weighted by Gasteiger charge is -2.48. The number of hydrogen-bond donors (Lipinski definition) is 0. The van der Waals surface area contributed by atoms with E-state index in [4.69, 9.17) is 9.97 Å². The van der Waals surface area contributed by atoms with Crippen molar-refractivity contribution in [3.05, 3.63) is 143 Å². The van der Waals surface area contributed by atoms with Gasteiger partial charge in [0.25, 0.3) is 0 Å². The molecule has 44 heavy (non-hydrogen) atoms. The first-order valence-electron chi connectivity index (χ1n) is 16.3. The van der Waals surface area contributed by atoms with Crippen molar-refractivity contribution < 1.29 is 0 Å². The van der Waals surface area contributed by atoms with Gasteiger partial charge in [-0.2, -0.15) is 0 Å². The van der Waals surface area contributed by atoms with Crippen LogP contribution < -0.4 is 9.80 Å². The standard InChI is InChI=1S/C40H40N4/c1-27-13-23-37(41-25-27)43(31-9-5-3-6-10-31)35-21-17-29-16-20-34-36(22-18-30-15-19-33(35)39(29)40(30)34)44(32-11-7-4-8-12-32)38-24-14-28(2)26-42-38/h3-11,13-14,16,20,22-26,30,32-33,35H,12,15,17-19,21H2,1-2H3. The average Bonchev–Trinajstić information content (AvgIpc) is 3.07. The van der Waals surface area contributed by atoms with Gasteiger partial charge < -0.3 is 9.80 Å². The molecule has 4 unspecified atom stereocenters. The molecule has 4 aromatic rings. The first-order chi connectivity index (χ1) is 21.7. The molecule has 4 aliphatic carbocycles. The fourth-order valence-corrected chi connectivity index (χ4v) is 8.21. The molecule has 0 saturated heterocycles. The zero-order chi connectivity index (χ0) is 29.6. The highest BCUT2D eigenvalue weighted by Gasteiger charge is 2.43. The molecule has 0 spiro atoms. The highest BCUT2D eigenvalue weighted by molar-refractivity contribution is 5.84. The van der Waals surface area contributed by atoms with Gasteiger partial charge in [0.15, 0.2) is 0 Å². The van der Waals surface area contributed by atoms with Crippen LogP contribution >= 0.6 is 0 Å². The summed E-state index contributed by atoms with van der Waals surface area (Å²) in [7, 11) is 0. The number of allylic oxidation sites excluding steroid dienone is 3. The van der Waals surface area contributed by atoms with E-state index < -0.39 is 0 Å². The Morgan fingerprint density at radius 2 is 1.48 bits per heavy atom. The fourth-order valence-electron chi connectivity index (χ4n) is 8.21. The molecule has 220 valence electrons. The molecule has 0 N–H and O–H groups in total. The van der Waals surface area contributed by atoms with E-state index in [1.54, 1.807) is 16.7 Å². The Morgan fingerprint density at radius 1 is 0.705 bits per heavy atom. The number of rotatable bonds is 6. The number of aryl methyl sites for hydroxylation is 3. The van der Waals surface area contributed by atoms with Gasteiger partial charge in [-0.25, -0.2) is 9.97 Å². The van der Waals surface area contributed by atoms with Gasteiger partial charge in [0.1, 0.15) is 11.6 Å². The van der Waals surface area contributed by atoms with Crippen molar-refractivity contribution in [2.45, 2.75) is 76.3 Å². The Labute approximate surface area is 261 Å². The van der Waals surface area contributed by atoms with E-state index in [9.17, 15) is 0 Å². The van der Waals surface area contributed by atoms with E-state index in [0.29, 0.717) is 17.9 Å². The average molecular weight is 577 g/mol. The molecule has 4 atom stereocenters. The summed E-state index contributed by atoms with van der Waals surface area (Å²) in [4.78, 5) is 15.0. The van der Waals surface area contributed by atoms with Crippen molar-refractivity contribution in [3.63, 3.8) is 0 Å². The Morgan fingerprint density at radius 3 is 2.18 bits per heavy atom. The van der Waals surface area contributed by atoms with Crippen LogP contribution in [0.3, 0.4) is 0 Å². The third-order valence-electron chi connectivity index (χ3n) is 10.2. The van der Waals surface area contributed by atoms with Crippen molar-refractivity contribution in [3.8, 4) is 0 Å². The highest BCUT2D eigenvalue weighted by Crippen LogP contribution is 2.54. The van der Waals surface area contributed by atoms with E-state index in [1.807, 2.05) is 12.4 Å². The van der Waals surface area contributed by atoms with Gasteiger partial charge in [0, 0.05) is 41.3 Å². The first kappa shape index (κ1) is 27.1. The van der Waals surface area contributed by atoms with Gasteiger partial charge in [-0.3, -0.25) is 0 Å². The van der Waals surface area contributed by atoms with Crippen LogP contribution in [-0.4, -0.2) is 22.1 Å². The summed E-state index contributed by atoms with van der Waals surface area (Å²) in [6, 6.07) is 25.2. The lowest BCUT2D eigenvalue weighted by atomic mass is 9.64. The predicted octanol–water partition coefficient (Wildman–Crippen LogP) is 9.34. The maximum atomic E-state index is 4.97. The number of hydrogen-bond acceptors (Lipinski definition) is 4. The lowest BCUT2D eigenvalue weighted by molar-refractivity contribution is 0.383. The topological polar surface area (TPSA) is 32.3 Å². The number of pyridine rings is 2.